The van der Waals surface area contributed by atoms with E-state index in [0.717, 1.165) is 31.9 Å². The molecule has 0 radical (unpaired) electrons. The third kappa shape index (κ3) is 3.83. The molecule has 5 nitrogen and oxygen atoms in total. The Morgan fingerprint density at radius 1 is 1.33 bits per heavy atom. The number of benzene rings is 1. The maximum atomic E-state index is 12.2. The largest absolute Gasteiger partial charge is 0.351 e. The molecule has 0 aliphatic heterocycles. The summed E-state index contributed by atoms with van der Waals surface area (Å²) in [5.74, 6) is -0.250. The van der Waals surface area contributed by atoms with E-state index < -0.39 is 9.84 Å². The first kappa shape index (κ1) is 16.0. The highest BCUT2D eigenvalue weighted by molar-refractivity contribution is 7.90. The van der Waals surface area contributed by atoms with E-state index in [9.17, 15) is 13.2 Å². The van der Waals surface area contributed by atoms with Crippen LogP contribution in [0.15, 0.2) is 29.2 Å². The molecule has 6 heteroatoms. The van der Waals surface area contributed by atoms with E-state index in [1.807, 2.05) is 0 Å². The normalized spacial score (nSPS) is 17.6. The van der Waals surface area contributed by atoms with Crippen molar-refractivity contribution in [3.63, 3.8) is 0 Å². The van der Waals surface area contributed by atoms with Crippen LogP contribution in [0.3, 0.4) is 0 Å². The molecule has 1 aliphatic rings. The van der Waals surface area contributed by atoms with Gasteiger partial charge < -0.3 is 11.1 Å². The van der Waals surface area contributed by atoms with Gasteiger partial charge in [0.15, 0.2) is 9.84 Å². The lowest BCUT2D eigenvalue weighted by atomic mass is 9.86. The number of carbonyl (C=O) groups excluding carboxylic acids is 1. The fourth-order valence-corrected chi connectivity index (χ4v) is 3.48. The molecule has 1 aromatic carbocycles. The number of hydrogen-bond donors (Lipinski definition) is 2. The second kappa shape index (κ2) is 6.15. The predicted octanol–water partition coefficient (Wildman–Crippen LogP) is 1.34. The number of nitrogens with one attached hydrogen (secondary N) is 1. The average Bonchev–Trinajstić information content (AvgIpc) is 2.93. The molecule has 0 unspecified atom stereocenters. The number of sulfone groups is 1. The van der Waals surface area contributed by atoms with Crippen molar-refractivity contribution in [2.75, 3.05) is 19.3 Å². The van der Waals surface area contributed by atoms with Crippen LogP contribution in [0, 0.1) is 5.41 Å². The minimum absolute atomic E-state index is 0.00407. The van der Waals surface area contributed by atoms with E-state index in [4.69, 9.17) is 5.73 Å². The van der Waals surface area contributed by atoms with Crippen molar-refractivity contribution in [2.45, 2.75) is 30.6 Å². The van der Waals surface area contributed by atoms with E-state index in [-0.39, 0.29) is 16.2 Å². The summed E-state index contributed by atoms with van der Waals surface area (Å²) in [4.78, 5) is 12.3. The predicted molar refractivity (Wildman–Crippen MR) is 81.8 cm³/mol. The van der Waals surface area contributed by atoms with Gasteiger partial charge in [0.1, 0.15) is 0 Å². The third-order valence-corrected chi connectivity index (χ3v) is 5.36. The van der Waals surface area contributed by atoms with Crippen LogP contribution in [-0.4, -0.2) is 33.7 Å². The zero-order valence-electron chi connectivity index (χ0n) is 12.3. The van der Waals surface area contributed by atoms with Gasteiger partial charge in [0, 0.05) is 18.4 Å². The summed E-state index contributed by atoms with van der Waals surface area (Å²) in [7, 11) is -3.31. The minimum Gasteiger partial charge on any atom is -0.351 e. The van der Waals surface area contributed by atoms with Gasteiger partial charge in [-0.2, -0.15) is 0 Å². The van der Waals surface area contributed by atoms with Gasteiger partial charge in [-0.25, -0.2) is 8.42 Å². The van der Waals surface area contributed by atoms with Crippen LogP contribution in [0.4, 0.5) is 0 Å². The van der Waals surface area contributed by atoms with Crippen LogP contribution in [-0.2, 0) is 9.84 Å². The molecule has 0 atom stereocenters. The van der Waals surface area contributed by atoms with Crippen molar-refractivity contribution in [3.05, 3.63) is 29.8 Å². The first-order valence-corrected chi connectivity index (χ1v) is 9.04. The van der Waals surface area contributed by atoms with Crippen molar-refractivity contribution in [3.8, 4) is 0 Å². The Morgan fingerprint density at radius 2 is 2.00 bits per heavy atom. The van der Waals surface area contributed by atoms with Crippen molar-refractivity contribution in [2.24, 2.45) is 11.1 Å². The molecule has 0 saturated heterocycles. The molecule has 1 aromatic rings. The van der Waals surface area contributed by atoms with Gasteiger partial charge in [-0.05, 0) is 43.0 Å². The Labute approximate surface area is 125 Å². The van der Waals surface area contributed by atoms with Crippen LogP contribution in [0.2, 0.25) is 0 Å². The smallest absolute Gasteiger partial charge is 0.251 e. The quantitative estimate of drug-likeness (QED) is 0.859. The standard InChI is InChI=1S/C15H22N2O3S/c1-21(19,20)13-6-4-5-12(9-13)14(18)17-11-15(10-16)7-2-3-8-15/h4-6,9H,2-3,7-8,10-11,16H2,1H3,(H,17,18). The number of amides is 1. The Morgan fingerprint density at radius 3 is 2.57 bits per heavy atom. The molecule has 1 fully saturated rings. The lowest BCUT2D eigenvalue weighted by Crippen LogP contribution is -2.40. The summed E-state index contributed by atoms with van der Waals surface area (Å²) in [5.41, 5.74) is 6.21. The first-order chi connectivity index (χ1) is 9.86. The van der Waals surface area contributed by atoms with Crippen molar-refractivity contribution in [1.82, 2.24) is 5.32 Å². The molecule has 1 amide bonds. The highest BCUT2D eigenvalue weighted by Crippen LogP contribution is 2.36. The molecule has 3 N–H and O–H groups in total. The molecule has 0 bridgehead atoms. The fraction of sp³-hybridized carbons (Fsp3) is 0.533. The Bertz CT molecular complexity index is 620. The summed E-state index contributed by atoms with van der Waals surface area (Å²) in [6, 6.07) is 6.10. The molecule has 1 saturated carbocycles. The van der Waals surface area contributed by atoms with Gasteiger partial charge in [-0.15, -0.1) is 0 Å². The van der Waals surface area contributed by atoms with Gasteiger partial charge in [0.2, 0.25) is 0 Å². The van der Waals surface area contributed by atoms with Gasteiger partial charge in [0.05, 0.1) is 4.90 Å². The molecule has 0 spiro atoms. The van der Waals surface area contributed by atoms with Crippen LogP contribution in [0.5, 0.6) is 0 Å². The summed E-state index contributed by atoms with van der Waals surface area (Å²) < 4.78 is 23.0. The van der Waals surface area contributed by atoms with Crippen molar-refractivity contribution >= 4 is 15.7 Å². The Kier molecular flexibility index (Phi) is 4.68. The van der Waals surface area contributed by atoms with E-state index in [1.165, 1.54) is 12.1 Å². The first-order valence-electron chi connectivity index (χ1n) is 7.15. The Hall–Kier alpha value is -1.40. The highest BCUT2D eigenvalue weighted by Gasteiger charge is 2.32. The van der Waals surface area contributed by atoms with E-state index in [0.29, 0.717) is 18.7 Å². The molecule has 2 rings (SSSR count). The van der Waals surface area contributed by atoms with E-state index in [2.05, 4.69) is 5.32 Å². The number of nitrogens with two attached hydrogens (primary N) is 1. The second-order valence-corrected chi connectivity index (χ2v) is 7.91. The molecule has 116 valence electrons. The Balaban J connectivity index is 2.07. The van der Waals surface area contributed by atoms with Gasteiger partial charge >= 0.3 is 0 Å². The lowest BCUT2D eigenvalue weighted by Gasteiger charge is -2.27. The molecule has 0 heterocycles. The lowest BCUT2D eigenvalue weighted by molar-refractivity contribution is 0.0932. The zero-order valence-corrected chi connectivity index (χ0v) is 13.1. The average molecular weight is 310 g/mol. The molecular formula is C15H22N2O3S. The van der Waals surface area contributed by atoms with Crippen molar-refractivity contribution < 1.29 is 13.2 Å². The fourth-order valence-electron chi connectivity index (χ4n) is 2.82. The van der Waals surface area contributed by atoms with Crippen LogP contribution < -0.4 is 11.1 Å². The molecule has 21 heavy (non-hydrogen) atoms. The molecular weight excluding hydrogens is 288 g/mol. The van der Waals surface area contributed by atoms with Crippen molar-refractivity contribution in [1.29, 1.82) is 0 Å². The molecule has 1 aliphatic carbocycles. The molecule has 0 aromatic heterocycles. The third-order valence-electron chi connectivity index (χ3n) is 4.25. The zero-order chi connectivity index (χ0) is 15.5. The monoisotopic (exact) mass is 310 g/mol. The minimum atomic E-state index is -3.31. The summed E-state index contributed by atoms with van der Waals surface area (Å²) >= 11 is 0. The van der Waals surface area contributed by atoms with Gasteiger partial charge in [-0.1, -0.05) is 18.9 Å². The number of carbonyl (C=O) groups is 1. The maximum absolute atomic E-state index is 12.2. The second-order valence-electron chi connectivity index (χ2n) is 5.89. The maximum Gasteiger partial charge on any atom is 0.251 e. The summed E-state index contributed by atoms with van der Waals surface area (Å²) in [5, 5.41) is 2.90. The van der Waals surface area contributed by atoms with Crippen LogP contribution in [0.1, 0.15) is 36.0 Å². The topological polar surface area (TPSA) is 89.3 Å². The van der Waals surface area contributed by atoms with E-state index in [1.54, 1.807) is 12.1 Å². The number of rotatable bonds is 5. The van der Waals surface area contributed by atoms with Crippen LogP contribution >= 0.6 is 0 Å². The van der Waals surface area contributed by atoms with Gasteiger partial charge in [0.25, 0.3) is 5.91 Å². The summed E-state index contributed by atoms with van der Waals surface area (Å²) in [6.07, 6.45) is 5.50. The van der Waals surface area contributed by atoms with Gasteiger partial charge in [-0.3, -0.25) is 4.79 Å². The summed E-state index contributed by atoms with van der Waals surface area (Å²) in [6.45, 7) is 1.11. The van der Waals surface area contributed by atoms with E-state index >= 15 is 0 Å². The highest BCUT2D eigenvalue weighted by atomic mass is 32.2. The van der Waals surface area contributed by atoms with Crippen LogP contribution in [0.25, 0.3) is 0 Å². The number of hydrogen-bond acceptors (Lipinski definition) is 4. The SMILES string of the molecule is CS(=O)(=O)c1cccc(C(=O)NCC2(CN)CCCC2)c1.